The van der Waals surface area contributed by atoms with E-state index in [1.54, 1.807) is 18.3 Å². The minimum atomic E-state index is 0.101. The fourth-order valence-corrected chi connectivity index (χ4v) is 2.09. The number of carbonyl (C=O) groups excluding carboxylic acids is 1. The van der Waals surface area contributed by atoms with Gasteiger partial charge in [-0.3, -0.25) is 4.79 Å². The Labute approximate surface area is 98.9 Å². The zero-order chi connectivity index (χ0) is 11.4. The van der Waals surface area contributed by atoms with Crippen LogP contribution in [0, 0.1) is 0 Å². The van der Waals surface area contributed by atoms with Crippen LogP contribution < -0.4 is 5.32 Å². The van der Waals surface area contributed by atoms with Crippen molar-refractivity contribution in [3.63, 3.8) is 0 Å². The van der Waals surface area contributed by atoms with Gasteiger partial charge in [0.25, 0.3) is 0 Å². The Hall–Kier alpha value is -1.61. The maximum absolute atomic E-state index is 11.1. The smallest absolute Gasteiger partial charge is 0.159 e. The molecule has 0 amide bonds. The van der Waals surface area contributed by atoms with Crippen molar-refractivity contribution in [2.75, 3.05) is 5.32 Å². The van der Waals surface area contributed by atoms with Gasteiger partial charge in [-0.2, -0.15) is 11.3 Å². The number of Topliss-reactive ketones (excluding diaryl/α,β-unsaturated/α-hetero) is 1. The molecule has 0 fully saturated rings. The van der Waals surface area contributed by atoms with Crippen molar-refractivity contribution in [3.8, 4) is 0 Å². The second-order valence-corrected chi connectivity index (χ2v) is 4.40. The van der Waals surface area contributed by atoms with Crippen LogP contribution in [0.2, 0.25) is 0 Å². The Morgan fingerprint density at radius 1 is 1.25 bits per heavy atom. The van der Waals surface area contributed by atoms with Gasteiger partial charge in [0.15, 0.2) is 5.78 Å². The molecule has 0 saturated carbocycles. The zero-order valence-corrected chi connectivity index (χ0v) is 9.88. The van der Waals surface area contributed by atoms with Gasteiger partial charge in [0.1, 0.15) is 0 Å². The first kappa shape index (κ1) is 10.9. The standard InChI is InChI=1S/C13H13NOS/c1-10(15)12-2-4-13(5-3-12)14-8-11-6-7-16-9-11/h2-7,9,14H,8H2,1H3. The van der Waals surface area contributed by atoms with Gasteiger partial charge in [-0.1, -0.05) is 0 Å². The van der Waals surface area contributed by atoms with Gasteiger partial charge in [0, 0.05) is 17.8 Å². The first-order valence-corrected chi connectivity index (χ1v) is 6.06. The molecule has 0 aliphatic rings. The van der Waals surface area contributed by atoms with Crippen molar-refractivity contribution in [1.29, 1.82) is 0 Å². The van der Waals surface area contributed by atoms with E-state index >= 15 is 0 Å². The van der Waals surface area contributed by atoms with Crippen LogP contribution in [0.5, 0.6) is 0 Å². The Bertz CT molecular complexity index is 459. The molecule has 16 heavy (non-hydrogen) atoms. The van der Waals surface area contributed by atoms with Gasteiger partial charge >= 0.3 is 0 Å². The first-order chi connectivity index (χ1) is 7.75. The highest BCUT2D eigenvalue weighted by Gasteiger charge is 1.98. The molecular weight excluding hydrogens is 218 g/mol. The molecule has 0 bridgehead atoms. The summed E-state index contributed by atoms with van der Waals surface area (Å²) in [7, 11) is 0. The van der Waals surface area contributed by atoms with E-state index in [1.807, 2.05) is 24.3 Å². The Morgan fingerprint density at radius 2 is 2.00 bits per heavy atom. The second-order valence-electron chi connectivity index (χ2n) is 3.62. The summed E-state index contributed by atoms with van der Waals surface area (Å²) in [5.74, 6) is 0.101. The molecule has 0 unspecified atom stereocenters. The highest BCUT2D eigenvalue weighted by atomic mass is 32.1. The molecule has 2 rings (SSSR count). The third-order valence-corrected chi connectivity index (χ3v) is 3.10. The zero-order valence-electron chi connectivity index (χ0n) is 9.07. The highest BCUT2D eigenvalue weighted by molar-refractivity contribution is 7.07. The summed E-state index contributed by atoms with van der Waals surface area (Å²) in [5, 5.41) is 7.50. The topological polar surface area (TPSA) is 29.1 Å². The summed E-state index contributed by atoms with van der Waals surface area (Å²) in [6.45, 7) is 2.40. The van der Waals surface area contributed by atoms with E-state index in [0.717, 1.165) is 17.8 Å². The average molecular weight is 231 g/mol. The number of hydrogen-bond acceptors (Lipinski definition) is 3. The number of benzene rings is 1. The van der Waals surface area contributed by atoms with Gasteiger partial charge in [-0.15, -0.1) is 0 Å². The Morgan fingerprint density at radius 3 is 2.56 bits per heavy atom. The van der Waals surface area contributed by atoms with Crippen molar-refractivity contribution < 1.29 is 4.79 Å². The van der Waals surface area contributed by atoms with E-state index in [9.17, 15) is 4.79 Å². The number of hydrogen-bond donors (Lipinski definition) is 1. The predicted molar refractivity (Wildman–Crippen MR) is 68.1 cm³/mol. The van der Waals surface area contributed by atoms with E-state index in [0.29, 0.717) is 0 Å². The van der Waals surface area contributed by atoms with E-state index in [-0.39, 0.29) is 5.78 Å². The maximum atomic E-state index is 11.1. The van der Waals surface area contributed by atoms with Gasteiger partial charge in [0.05, 0.1) is 0 Å². The van der Waals surface area contributed by atoms with Gasteiger partial charge < -0.3 is 5.32 Å². The summed E-state index contributed by atoms with van der Waals surface area (Å²) in [6.07, 6.45) is 0. The lowest BCUT2D eigenvalue weighted by Gasteiger charge is -2.05. The number of carbonyl (C=O) groups is 1. The molecule has 0 aliphatic heterocycles. The van der Waals surface area contributed by atoms with Gasteiger partial charge in [-0.05, 0) is 53.6 Å². The summed E-state index contributed by atoms with van der Waals surface area (Å²) in [6, 6.07) is 9.66. The van der Waals surface area contributed by atoms with Crippen LogP contribution in [-0.4, -0.2) is 5.78 Å². The highest BCUT2D eigenvalue weighted by Crippen LogP contribution is 2.13. The van der Waals surface area contributed by atoms with Crippen molar-refractivity contribution in [1.82, 2.24) is 0 Å². The van der Waals surface area contributed by atoms with Crippen LogP contribution in [0.3, 0.4) is 0 Å². The fraction of sp³-hybridized carbons (Fsp3) is 0.154. The minimum Gasteiger partial charge on any atom is -0.381 e. The number of thiophene rings is 1. The van der Waals surface area contributed by atoms with Gasteiger partial charge in [0.2, 0.25) is 0 Å². The predicted octanol–water partition coefficient (Wildman–Crippen LogP) is 3.56. The lowest BCUT2D eigenvalue weighted by molar-refractivity contribution is 0.101. The third kappa shape index (κ3) is 2.70. The van der Waals surface area contributed by atoms with Crippen molar-refractivity contribution in [3.05, 3.63) is 52.2 Å². The third-order valence-electron chi connectivity index (χ3n) is 2.37. The van der Waals surface area contributed by atoms with Crippen molar-refractivity contribution >= 4 is 22.8 Å². The summed E-state index contributed by atoms with van der Waals surface area (Å²) in [5.41, 5.74) is 3.07. The van der Waals surface area contributed by atoms with Crippen LogP contribution in [0.4, 0.5) is 5.69 Å². The Balaban J connectivity index is 1.98. The fourth-order valence-electron chi connectivity index (χ4n) is 1.42. The second kappa shape index (κ2) is 4.94. The lowest BCUT2D eigenvalue weighted by atomic mass is 10.1. The average Bonchev–Trinajstić information content (AvgIpc) is 2.80. The van der Waals surface area contributed by atoms with Crippen LogP contribution >= 0.6 is 11.3 Å². The van der Waals surface area contributed by atoms with Crippen molar-refractivity contribution in [2.24, 2.45) is 0 Å². The molecular formula is C13H13NOS. The molecule has 0 aliphatic carbocycles. The SMILES string of the molecule is CC(=O)c1ccc(NCc2ccsc2)cc1. The molecule has 1 heterocycles. The molecule has 0 saturated heterocycles. The van der Waals surface area contributed by atoms with E-state index in [4.69, 9.17) is 0 Å². The number of nitrogens with one attached hydrogen (secondary N) is 1. The monoisotopic (exact) mass is 231 g/mol. The quantitative estimate of drug-likeness (QED) is 0.815. The minimum absolute atomic E-state index is 0.101. The van der Waals surface area contributed by atoms with E-state index in [2.05, 4.69) is 22.1 Å². The molecule has 2 nitrogen and oxygen atoms in total. The molecule has 3 heteroatoms. The van der Waals surface area contributed by atoms with Crippen LogP contribution in [0.25, 0.3) is 0 Å². The molecule has 1 aromatic carbocycles. The lowest BCUT2D eigenvalue weighted by Crippen LogP contribution is -1.98. The molecule has 0 spiro atoms. The van der Waals surface area contributed by atoms with Crippen LogP contribution in [0.15, 0.2) is 41.1 Å². The Kier molecular flexibility index (Phi) is 3.37. The molecule has 0 radical (unpaired) electrons. The first-order valence-electron chi connectivity index (χ1n) is 5.11. The number of rotatable bonds is 4. The summed E-state index contributed by atoms with van der Waals surface area (Å²) < 4.78 is 0. The molecule has 82 valence electrons. The molecule has 2 aromatic rings. The molecule has 1 N–H and O–H groups in total. The van der Waals surface area contributed by atoms with Crippen molar-refractivity contribution in [2.45, 2.75) is 13.5 Å². The van der Waals surface area contributed by atoms with Crippen LogP contribution in [-0.2, 0) is 6.54 Å². The molecule has 0 atom stereocenters. The largest absolute Gasteiger partial charge is 0.381 e. The summed E-state index contributed by atoms with van der Waals surface area (Å²) in [4.78, 5) is 11.1. The van der Waals surface area contributed by atoms with E-state index < -0.39 is 0 Å². The normalized spacial score (nSPS) is 10.1. The van der Waals surface area contributed by atoms with Gasteiger partial charge in [-0.25, -0.2) is 0 Å². The molecule has 1 aromatic heterocycles. The van der Waals surface area contributed by atoms with Crippen LogP contribution in [0.1, 0.15) is 22.8 Å². The maximum Gasteiger partial charge on any atom is 0.159 e. The number of ketones is 1. The summed E-state index contributed by atoms with van der Waals surface area (Å²) >= 11 is 1.70. The number of anilines is 1. The van der Waals surface area contributed by atoms with E-state index in [1.165, 1.54) is 5.56 Å².